The average Bonchev–Trinajstić information content (AvgIpc) is 1.43. The Morgan fingerprint density at radius 1 is 0.174 bits per heavy atom. The van der Waals surface area contributed by atoms with Crippen LogP contribution in [0.15, 0.2) is 0 Å². The van der Waals surface area contributed by atoms with Gasteiger partial charge >= 0.3 is 0 Å². The molecule has 0 bridgehead atoms. The lowest BCUT2D eigenvalue weighted by Gasteiger charge is -2.73. The lowest BCUT2D eigenvalue weighted by molar-refractivity contribution is -0.168. The maximum atomic E-state index is 4.10. The molecule has 0 radical (unpaired) electrons. The maximum Gasteiger partial charge on any atom is 0.156 e. The van der Waals surface area contributed by atoms with Gasteiger partial charge in [-0.25, -0.2) is 0 Å². The van der Waals surface area contributed by atoms with Gasteiger partial charge in [-0.05, 0) is 333 Å². The molecule has 20 aliphatic carbocycles. The van der Waals surface area contributed by atoms with E-state index in [9.17, 15) is 0 Å². The highest BCUT2D eigenvalue weighted by Gasteiger charge is 2.71. The molecule has 23 rings (SSSR count). The van der Waals surface area contributed by atoms with Crippen LogP contribution in [0.3, 0.4) is 0 Å². The molecule has 0 aromatic carbocycles. The summed E-state index contributed by atoms with van der Waals surface area (Å²) in [7, 11) is 0. The predicted octanol–water partition coefficient (Wildman–Crippen LogP) is 29.0. The van der Waals surface area contributed by atoms with Gasteiger partial charge in [0, 0.05) is 72.5 Å². The highest BCUT2D eigenvalue weighted by Crippen LogP contribution is 2.72. The molecule has 3 aliphatic heterocycles. The summed E-state index contributed by atoms with van der Waals surface area (Å²) in [6.07, 6.45) is 113. The summed E-state index contributed by atoms with van der Waals surface area (Å²) < 4.78 is 0. The van der Waals surface area contributed by atoms with Crippen molar-refractivity contribution in [2.45, 2.75) is 546 Å². The van der Waals surface area contributed by atoms with Crippen LogP contribution in [0, 0.1) is 142 Å². The molecule has 3 saturated heterocycles. The number of nitrogens with zero attached hydrogens (tertiary/aromatic N) is 4. The predicted molar refractivity (Wildman–Crippen MR) is 481 cm³/mol. The lowest BCUT2D eigenvalue weighted by Crippen LogP contribution is -2.78. The van der Waals surface area contributed by atoms with E-state index in [1.165, 1.54) is 12.8 Å². The van der Waals surface area contributed by atoms with Crippen molar-refractivity contribution in [2.24, 2.45) is 142 Å². The second-order valence-corrected chi connectivity index (χ2v) is 50.0. The molecule has 20 saturated carbocycles. The van der Waals surface area contributed by atoms with Crippen molar-refractivity contribution in [2.75, 3.05) is 0 Å². The fourth-order valence-corrected chi connectivity index (χ4v) is 42.8. The minimum Gasteiger partial charge on any atom is -0.295 e. The van der Waals surface area contributed by atoms with E-state index in [-0.39, 0.29) is 0 Å². The van der Waals surface area contributed by atoms with E-state index in [0.29, 0.717) is 0 Å². The zero-order chi connectivity index (χ0) is 75.6. The molecule has 0 aromatic rings. The Balaban J connectivity index is 0.710. The summed E-state index contributed by atoms with van der Waals surface area (Å²) in [4.78, 5) is 15.6. The van der Waals surface area contributed by atoms with Crippen LogP contribution in [-0.2, 0) is 0 Å². The Kier molecular flexibility index (Phi) is 24.4. The van der Waals surface area contributed by atoms with Gasteiger partial charge in [-0.15, -0.1) is 0 Å². The van der Waals surface area contributed by atoms with E-state index in [0.717, 1.165) is 239 Å². The summed E-state index contributed by atoms with van der Waals surface area (Å²) >= 11 is 0. The monoisotopic (exact) mass is 1570 g/mol. The van der Waals surface area contributed by atoms with Gasteiger partial charge < -0.3 is 0 Å². The van der Waals surface area contributed by atoms with Crippen LogP contribution in [0.1, 0.15) is 456 Å². The molecule has 115 heavy (non-hydrogen) atoms. The summed E-state index contributed by atoms with van der Waals surface area (Å²) in [6.45, 7) is 0.984. The summed E-state index contributed by atoms with van der Waals surface area (Å²) in [6, 6.07) is 10.3. The molecule has 0 N–H and O–H groups in total. The maximum absolute atomic E-state index is 4.10. The summed E-state index contributed by atoms with van der Waals surface area (Å²) in [5.74, 6) is 27.9. The molecule has 23 aliphatic rings. The van der Waals surface area contributed by atoms with Crippen LogP contribution >= 0.6 is 0 Å². The highest BCUT2D eigenvalue weighted by molar-refractivity contribution is 6.65. The summed E-state index contributed by atoms with van der Waals surface area (Å²) in [5.41, 5.74) is 0. The van der Waals surface area contributed by atoms with Gasteiger partial charge in [0.05, 0.1) is 0 Å². The molecule has 644 valence electrons. The molecular weight excluding hydrogens is 1390 g/mol. The van der Waals surface area contributed by atoms with Gasteiger partial charge in [0.15, 0.2) is 6.71 Å². The fraction of sp³-hybridized carbons (Fsp3) is 1.00. The molecule has 0 spiro atoms. The van der Waals surface area contributed by atoms with Crippen LogP contribution in [0.2, 0.25) is 17.5 Å². The van der Waals surface area contributed by atoms with E-state index >= 15 is 0 Å². The third kappa shape index (κ3) is 14.8. The van der Waals surface area contributed by atoms with Crippen molar-refractivity contribution in [1.82, 2.24) is 19.6 Å². The number of likely N-dealkylation sites (tertiary alicyclic amines) is 1. The first kappa shape index (κ1) is 79.5. The van der Waals surface area contributed by atoms with E-state index in [4.69, 9.17) is 0 Å². The first-order chi connectivity index (χ1) is 57.1. The number of rotatable bonds is 13. The third-order valence-corrected chi connectivity index (χ3v) is 46.3. The molecule has 0 amide bonds. The van der Waals surface area contributed by atoms with E-state index in [1.54, 1.807) is 443 Å². The molecule has 5 heteroatoms. The van der Waals surface area contributed by atoms with Crippen LogP contribution in [0.5, 0.6) is 0 Å². The highest BCUT2D eigenvalue weighted by atomic mass is 15.3. The molecule has 4 nitrogen and oxygen atoms in total. The number of hydrogen-bond acceptors (Lipinski definition) is 4. The van der Waals surface area contributed by atoms with Crippen LogP contribution in [0.4, 0.5) is 0 Å². The van der Waals surface area contributed by atoms with Crippen LogP contribution in [0.25, 0.3) is 0 Å². The van der Waals surface area contributed by atoms with Gasteiger partial charge in [-0.1, -0.05) is 283 Å². The largest absolute Gasteiger partial charge is 0.295 e. The van der Waals surface area contributed by atoms with E-state index < -0.39 is 0 Å². The third-order valence-electron chi connectivity index (χ3n) is 46.3. The molecule has 27 atom stereocenters. The first-order valence-electron chi connectivity index (χ1n) is 56.2. The number of fused-ring (bicyclic) bond motifs is 9. The Labute approximate surface area is 709 Å². The number of hydrogen-bond donors (Lipinski definition) is 0. The van der Waals surface area contributed by atoms with E-state index in [1.807, 2.05) is 0 Å². The molecule has 27 unspecified atom stereocenters. The molecule has 3 heterocycles. The minimum absolute atomic E-state index is 0.792. The van der Waals surface area contributed by atoms with Crippen molar-refractivity contribution in [3.63, 3.8) is 0 Å². The van der Waals surface area contributed by atoms with Gasteiger partial charge in [-0.2, -0.15) is 0 Å². The first-order valence-corrected chi connectivity index (χ1v) is 56.2. The average molecular weight is 1570 g/mol. The van der Waals surface area contributed by atoms with Crippen molar-refractivity contribution in [3.8, 4) is 0 Å². The second-order valence-electron chi connectivity index (χ2n) is 50.0. The smallest absolute Gasteiger partial charge is 0.156 e. The Morgan fingerprint density at radius 3 is 1.03 bits per heavy atom. The van der Waals surface area contributed by atoms with Crippen molar-refractivity contribution >= 4 is 6.71 Å². The van der Waals surface area contributed by atoms with Gasteiger partial charge in [0.25, 0.3) is 0 Å². The quantitative estimate of drug-likeness (QED) is 0.170. The van der Waals surface area contributed by atoms with Gasteiger partial charge in [0.2, 0.25) is 0 Å². The Morgan fingerprint density at radius 2 is 0.539 bits per heavy atom. The van der Waals surface area contributed by atoms with E-state index in [2.05, 4.69) is 19.6 Å². The van der Waals surface area contributed by atoms with Crippen molar-refractivity contribution in [1.29, 1.82) is 0 Å². The minimum atomic E-state index is 0.792. The van der Waals surface area contributed by atoms with Crippen molar-refractivity contribution in [3.05, 3.63) is 0 Å². The molecule has 0 aromatic heterocycles. The second kappa shape index (κ2) is 35.3. The molecular formula is C110H181BN4. The van der Waals surface area contributed by atoms with Crippen LogP contribution in [-0.4, -0.2) is 98.8 Å². The van der Waals surface area contributed by atoms with Crippen LogP contribution < -0.4 is 0 Å². The molecule has 23 fully saturated rings. The SMILES string of the molecule is C1CCC(C2CCC(N(C3CCC(C4CCCCC4)CC3)C3CC4C5B(C6CC(C7CCC8CCCC9C%10CCCC%11CCCC(C%11%10)C7C89)CCC6N4C4C(C6CCCCC6)CCCC4C4CCCCC4)C4CCC(N6C7CCCCC7C7CCCCC76)CC4N(C4C(C6CCCCC6)CCCC4C4CCCCC4)C5C3)CC2)CC1. The van der Waals surface area contributed by atoms with Gasteiger partial charge in [-0.3, -0.25) is 19.6 Å². The van der Waals surface area contributed by atoms with Gasteiger partial charge in [0.1, 0.15) is 0 Å². The van der Waals surface area contributed by atoms with Crippen molar-refractivity contribution < 1.29 is 0 Å². The lowest BCUT2D eigenvalue weighted by atomic mass is 9.18. The summed E-state index contributed by atoms with van der Waals surface area (Å²) in [5, 5.41) is 0. The fourth-order valence-electron chi connectivity index (χ4n) is 42.8. The Hall–Kier alpha value is -0.0951. The zero-order valence-electron chi connectivity index (χ0n) is 75.1. The zero-order valence-corrected chi connectivity index (χ0v) is 75.1. The standard InChI is InChI=1S/C110H181BN4/c1-7-28-72(29-8-1)74-54-60-83(61-55-74)112(84-62-56-75(57-63-84)73-30-9-2-10-31-73)86-70-103-108-104(71-86)115(110-90(78-36-15-5-16-37-78)47-27-48-91(110)79-38-17-6-18-39-79)102-69-85(113-99-52-21-19-43-92(99)93-44-20-22-53-100(93)113)64-66-97(102)111(108)98-68-82(87-65-58-81-42-24-50-95-94-49-23-40-80-41-25-51-96(105(80)94)107(87)106(81)95)59-67-101(98)114(103)109-88(76-32-11-3-12-33-76)45-26-46-89(109)77-34-13-4-14-35-77/h72-110H,1-71H2. The Bertz CT molecular complexity index is 2980. The normalized spacial score (nSPS) is 50.6. The topological polar surface area (TPSA) is 13.0 Å².